The van der Waals surface area contributed by atoms with Crippen LogP contribution in [0, 0.1) is 5.92 Å². The molecule has 0 aromatic heterocycles. The number of nitrogens with one attached hydrogen (secondary N) is 1. The van der Waals surface area contributed by atoms with E-state index in [2.05, 4.69) is 5.32 Å². The summed E-state index contributed by atoms with van der Waals surface area (Å²) in [5.74, 6) is -0.521. The minimum atomic E-state index is -0.889. The van der Waals surface area contributed by atoms with Crippen molar-refractivity contribution in [2.45, 2.75) is 13.3 Å². The van der Waals surface area contributed by atoms with Crippen molar-refractivity contribution >= 4 is 5.97 Å². The number of aliphatic carboxylic acids is 1. The molecule has 3 nitrogen and oxygen atoms in total. The molecule has 0 saturated carbocycles. The lowest BCUT2D eigenvalue weighted by atomic mass is 10.1. The summed E-state index contributed by atoms with van der Waals surface area (Å²) in [4.78, 5) is 10.1. The van der Waals surface area contributed by atoms with Gasteiger partial charge in [-0.1, -0.05) is 19.1 Å². The highest BCUT2D eigenvalue weighted by molar-refractivity contribution is 5.79. The molecule has 0 saturated heterocycles. The number of rotatable bonds is 5. The van der Waals surface area contributed by atoms with Crippen LogP contribution in [0.1, 0.15) is 13.3 Å². The van der Waals surface area contributed by atoms with Gasteiger partial charge in [0.2, 0.25) is 0 Å². The van der Waals surface area contributed by atoms with Gasteiger partial charge >= 0.3 is 5.97 Å². The number of carbonyl (C=O) groups is 1. The molecule has 0 aliphatic rings. The third-order valence-electron chi connectivity index (χ3n) is 1.36. The van der Waals surface area contributed by atoms with E-state index in [4.69, 9.17) is 5.11 Å². The fourth-order valence-corrected chi connectivity index (χ4v) is 0.723. The molecule has 2 N–H and O–H groups in total. The fourth-order valence-electron chi connectivity index (χ4n) is 0.723. The quantitative estimate of drug-likeness (QED) is 0.611. The maximum atomic E-state index is 10.1. The van der Waals surface area contributed by atoms with E-state index < -0.39 is 5.97 Å². The number of carboxylic acid groups (broad SMARTS) is 1. The summed E-state index contributed by atoms with van der Waals surface area (Å²) < 4.78 is 0. The van der Waals surface area contributed by atoms with E-state index in [-0.39, 0.29) is 0 Å². The zero-order valence-corrected chi connectivity index (χ0v) is 7.45. The highest BCUT2D eigenvalue weighted by Gasteiger charge is 1.92. The molecule has 0 radical (unpaired) electrons. The van der Waals surface area contributed by atoms with Crippen molar-refractivity contribution in [2.24, 2.45) is 5.92 Å². The Morgan fingerprint density at radius 1 is 1.67 bits per heavy atom. The lowest BCUT2D eigenvalue weighted by Crippen LogP contribution is -1.95. The van der Waals surface area contributed by atoms with E-state index in [1.54, 1.807) is 6.08 Å². The molecule has 0 aromatic rings. The van der Waals surface area contributed by atoms with E-state index in [0.29, 0.717) is 5.92 Å². The van der Waals surface area contributed by atoms with Crippen LogP contribution in [0.5, 0.6) is 0 Å². The van der Waals surface area contributed by atoms with Crippen molar-refractivity contribution in [3.05, 3.63) is 24.4 Å². The Bertz CT molecular complexity index is 185. The minimum Gasteiger partial charge on any atom is -0.478 e. The maximum Gasteiger partial charge on any atom is 0.327 e. The first-order valence-electron chi connectivity index (χ1n) is 3.90. The summed E-state index contributed by atoms with van der Waals surface area (Å²) in [6.07, 6.45) is 7.42. The molecule has 0 aromatic carbocycles. The summed E-state index contributed by atoms with van der Waals surface area (Å²) in [6.45, 7) is 2.03. The molecular formula is C9H15NO2. The maximum absolute atomic E-state index is 10.1. The topological polar surface area (TPSA) is 49.3 Å². The van der Waals surface area contributed by atoms with Crippen LogP contribution in [0.4, 0.5) is 0 Å². The summed E-state index contributed by atoms with van der Waals surface area (Å²) >= 11 is 0. The highest BCUT2D eigenvalue weighted by atomic mass is 16.4. The second-order valence-corrected chi connectivity index (χ2v) is 2.60. The van der Waals surface area contributed by atoms with Crippen LogP contribution < -0.4 is 5.32 Å². The van der Waals surface area contributed by atoms with Gasteiger partial charge in [0.15, 0.2) is 0 Å². The highest BCUT2D eigenvalue weighted by Crippen LogP contribution is 2.03. The smallest absolute Gasteiger partial charge is 0.327 e. The molecule has 0 rings (SSSR count). The van der Waals surface area contributed by atoms with Crippen LogP contribution >= 0.6 is 0 Å². The minimum absolute atomic E-state index is 0.369. The van der Waals surface area contributed by atoms with Gasteiger partial charge in [-0.05, 0) is 18.5 Å². The van der Waals surface area contributed by atoms with Crippen molar-refractivity contribution in [1.82, 2.24) is 5.32 Å². The lowest BCUT2D eigenvalue weighted by molar-refractivity contribution is -0.131. The molecule has 1 atom stereocenters. The van der Waals surface area contributed by atoms with Gasteiger partial charge in [-0.15, -0.1) is 0 Å². The summed E-state index contributed by atoms with van der Waals surface area (Å²) in [6, 6.07) is 0. The van der Waals surface area contributed by atoms with Crippen LogP contribution in [0.2, 0.25) is 0 Å². The van der Waals surface area contributed by atoms with Crippen LogP contribution in [0.3, 0.4) is 0 Å². The van der Waals surface area contributed by atoms with Crippen LogP contribution in [-0.4, -0.2) is 18.1 Å². The second-order valence-electron chi connectivity index (χ2n) is 2.60. The van der Waals surface area contributed by atoms with E-state index in [1.807, 2.05) is 26.2 Å². The predicted octanol–water partition coefficient (Wildman–Crippen LogP) is 1.39. The lowest BCUT2D eigenvalue weighted by Gasteiger charge is -1.99. The Balaban J connectivity index is 3.63. The van der Waals surface area contributed by atoms with Gasteiger partial charge < -0.3 is 10.4 Å². The number of carboxylic acids is 1. The van der Waals surface area contributed by atoms with E-state index in [1.165, 1.54) is 6.08 Å². The fraction of sp³-hybridized carbons (Fsp3) is 0.444. The zero-order valence-electron chi connectivity index (χ0n) is 7.45. The Hall–Kier alpha value is -1.25. The first-order valence-corrected chi connectivity index (χ1v) is 3.90. The molecule has 0 fully saturated rings. The molecule has 3 heteroatoms. The largest absolute Gasteiger partial charge is 0.478 e. The molecule has 0 aliphatic carbocycles. The van der Waals surface area contributed by atoms with Crippen LogP contribution in [0.25, 0.3) is 0 Å². The second kappa shape index (κ2) is 6.46. The van der Waals surface area contributed by atoms with E-state index >= 15 is 0 Å². The SMILES string of the molecule is CN/C=C/C(C)C/C=C/C(=O)O. The Labute approximate surface area is 72.8 Å². The van der Waals surface area contributed by atoms with Crippen molar-refractivity contribution < 1.29 is 9.90 Å². The van der Waals surface area contributed by atoms with Gasteiger partial charge in [0.25, 0.3) is 0 Å². The van der Waals surface area contributed by atoms with Gasteiger partial charge in [0.1, 0.15) is 0 Å². The first kappa shape index (κ1) is 10.8. The predicted molar refractivity (Wildman–Crippen MR) is 48.8 cm³/mol. The van der Waals surface area contributed by atoms with Crippen LogP contribution in [-0.2, 0) is 4.79 Å². The molecule has 68 valence electrons. The van der Waals surface area contributed by atoms with Crippen molar-refractivity contribution in [3.8, 4) is 0 Å². The normalized spacial score (nSPS) is 13.8. The van der Waals surface area contributed by atoms with E-state index in [9.17, 15) is 4.79 Å². The van der Waals surface area contributed by atoms with Gasteiger partial charge in [-0.2, -0.15) is 0 Å². The summed E-state index contributed by atoms with van der Waals surface area (Å²) in [5, 5.41) is 11.2. The Morgan fingerprint density at radius 3 is 2.83 bits per heavy atom. The molecule has 1 unspecified atom stereocenters. The van der Waals surface area contributed by atoms with Gasteiger partial charge in [0.05, 0.1) is 0 Å². The summed E-state index contributed by atoms with van der Waals surface area (Å²) in [7, 11) is 1.83. The Morgan fingerprint density at radius 2 is 2.33 bits per heavy atom. The molecule has 0 bridgehead atoms. The molecule has 12 heavy (non-hydrogen) atoms. The van der Waals surface area contributed by atoms with Crippen molar-refractivity contribution in [3.63, 3.8) is 0 Å². The zero-order chi connectivity index (χ0) is 9.40. The molecular weight excluding hydrogens is 154 g/mol. The average Bonchev–Trinajstić information content (AvgIpc) is 2.00. The number of allylic oxidation sites excluding steroid dienone is 2. The third-order valence-corrected chi connectivity index (χ3v) is 1.36. The summed E-state index contributed by atoms with van der Waals surface area (Å²) in [5.41, 5.74) is 0. The molecule has 0 amide bonds. The molecule has 0 heterocycles. The van der Waals surface area contributed by atoms with Crippen LogP contribution in [0.15, 0.2) is 24.4 Å². The van der Waals surface area contributed by atoms with Gasteiger partial charge in [-0.25, -0.2) is 4.79 Å². The third kappa shape index (κ3) is 6.86. The Kier molecular flexibility index (Phi) is 5.79. The number of hydrogen-bond acceptors (Lipinski definition) is 2. The molecule has 0 aliphatic heterocycles. The molecule has 0 spiro atoms. The van der Waals surface area contributed by atoms with Crippen molar-refractivity contribution in [2.75, 3.05) is 7.05 Å². The van der Waals surface area contributed by atoms with Crippen molar-refractivity contribution in [1.29, 1.82) is 0 Å². The average molecular weight is 169 g/mol. The number of hydrogen-bond donors (Lipinski definition) is 2. The van der Waals surface area contributed by atoms with Gasteiger partial charge in [0, 0.05) is 13.1 Å². The van der Waals surface area contributed by atoms with Gasteiger partial charge in [-0.3, -0.25) is 0 Å². The van der Waals surface area contributed by atoms with E-state index in [0.717, 1.165) is 6.42 Å². The standard InChI is InChI=1S/C9H15NO2/c1-8(6-7-10-2)4-3-5-9(11)12/h3,5-8,10H,4H2,1-2H3,(H,11,12)/b5-3+,7-6+. The monoisotopic (exact) mass is 169 g/mol. The first-order chi connectivity index (χ1) is 5.66.